The minimum absolute atomic E-state index is 0.653. The summed E-state index contributed by atoms with van der Waals surface area (Å²) >= 11 is 0. The molecule has 2 aromatic heterocycles. The van der Waals surface area contributed by atoms with Crippen LogP contribution in [-0.4, -0.2) is 43.1 Å². The number of nitrogens with zero attached hydrogens (tertiary/aromatic N) is 3. The van der Waals surface area contributed by atoms with Gasteiger partial charge in [-0.25, -0.2) is 4.98 Å². The number of anilines is 1. The van der Waals surface area contributed by atoms with Crippen molar-refractivity contribution in [1.82, 2.24) is 15.2 Å². The molecule has 134 valence electrons. The van der Waals surface area contributed by atoms with Crippen LogP contribution in [0.1, 0.15) is 36.3 Å². The molecular formula is C20H28N4O. The summed E-state index contributed by atoms with van der Waals surface area (Å²) < 4.78 is 5.93. The Balaban J connectivity index is 1.25. The first-order valence-corrected chi connectivity index (χ1v) is 9.37. The maximum absolute atomic E-state index is 5.93. The smallest absolute Gasteiger partial charge is 0.128 e. The van der Waals surface area contributed by atoms with Gasteiger partial charge in [-0.05, 0) is 43.1 Å². The summed E-state index contributed by atoms with van der Waals surface area (Å²) in [6, 6.07) is 8.55. The van der Waals surface area contributed by atoms with Gasteiger partial charge < -0.3 is 19.5 Å². The largest absolute Gasteiger partial charge is 0.464 e. The Morgan fingerprint density at radius 3 is 2.60 bits per heavy atom. The first-order chi connectivity index (χ1) is 12.2. The fourth-order valence-electron chi connectivity index (χ4n) is 3.48. The maximum atomic E-state index is 5.93. The zero-order valence-corrected chi connectivity index (χ0v) is 15.2. The molecule has 0 amide bonds. The van der Waals surface area contributed by atoms with Crippen LogP contribution in [0.5, 0.6) is 0 Å². The Labute approximate surface area is 150 Å². The van der Waals surface area contributed by atoms with Crippen molar-refractivity contribution in [2.24, 2.45) is 5.92 Å². The number of aromatic nitrogens is 1. The molecule has 0 spiro atoms. The van der Waals surface area contributed by atoms with Crippen LogP contribution in [0.3, 0.4) is 0 Å². The van der Waals surface area contributed by atoms with Crippen molar-refractivity contribution < 1.29 is 4.42 Å². The van der Waals surface area contributed by atoms with Crippen LogP contribution < -0.4 is 10.2 Å². The van der Waals surface area contributed by atoms with Crippen molar-refractivity contribution in [2.75, 3.05) is 38.1 Å². The van der Waals surface area contributed by atoms with Gasteiger partial charge in [-0.15, -0.1) is 0 Å². The van der Waals surface area contributed by atoms with E-state index in [4.69, 9.17) is 4.42 Å². The number of furan rings is 1. The van der Waals surface area contributed by atoms with E-state index in [1.165, 1.54) is 12.0 Å². The third-order valence-corrected chi connectivity index (χ3v) is 5.42. The van der Waals surface area contributed by atoms with Crippen LogP contribution in [0.25, 0.3) is 0 Å². The van der Waals surface area contributed by atoms with E-state index in [1.807, 2.05) is 6.20 Å². The molecule has 4 rings (SSSR count). The van der Waals surface area contributed by atoms with Crippen LogP contribution in [0.15, 0.2) is 34.9 Å². The summed E-state index contributed by atoms with van der Waals surface area (Å²) in [4.78, 5) is 9.36. The number of likely N-dealkylation sites (N-methyl/N-ethyl adjacent to an activating group) is 1. The van der Waals surface area contributed by atoms with Gasteiger partial charge in [-0.1, -0.05) is 13.0 Å². The molecule has 3 heterocycles. The van der Waals surface area contributed by atoms with Crippen LogP contribution in [0.2, 0.25) is 0 Å². The van der Waals surface area contributed by atoms with E-state index in [9.17, 15) is 0 Å². The van der Waals surface area contributed by atoms with Gasteiger partial charge in [0.25, 0.3) is 0 Å². The van der Waals surface area contributed by atoms with E-state index < -0.39 is 0 Å². The Bertz CT molecular complexity index is 688. The molecule has 25 heavy (non-hydrogen) atoms. The number of rotatable bonds is 6. The molecule has 2 atom stereocenters. The average molecular weight is 340 g/mol. The number of nitrogens with one attached hydrogen (secondary N) is 1. The molecule has 1 saturated heterocycles. The van der Waals surface area contributed by atoms with Gasteiger partial charge in [0.1, 0.15) is 17.3 Å². The van der Waals surface area contributed by atoms with Crippen molar-refractivity contribution in [1.29, 1.82) is 0 Å². The average Bonchev–Trinajstić information content (AvgIpc) is 3.17. The fraction of sp³-hybridized carbons (Fsp3) is 0.550. The third kappa shape index (κ3) is 4.05. The van der Waals surface area contributed by atoms with Crippen molar-refractivity contribution in [3.63, 3.8) is 0 Å². The van der Waals surface area contributed by atoms with Gasteiger partial charge in [0, 0.05) is 44.8 Å². The van der Waals surface area contributed by atoms with Gasteiger partial charge >= 0.3 is 0 Å². The van der Waals surface area contributed by atoms with Crippen molar-refractivity contribution in [2.45, 2.75) is 32.4 Å². The Morgan fingerprint density at radius 1 is 1.12 bits per heavy atom. The number of piperazine rings is 1. The monoisotopic (exact) mass is 340 g/mol. The molecule has 2 aliphatic rings. The molecule has 5 nitrogen and oxygen atoms in total. The predicted molar refractivity (Wildman–Crippen MR) is 99.7 cm³/mol. The quantitative estimate of drug-likeness (QED) is 0.876. The molecule has 5 heteroatoms. The minimum Gasteiger partial charge on any atom is -0.464 e. The number of hydrogen-bond donors (Lipinski definition) is 1. The lowest BCUT2D eigenvalue weighted by molar-refractivity contribution is 0.312. The molecule has 2 aromatic rings. The van der Waals surface area contributed by atoms with E-state index >= 15 is 0 Å². The topological polar surface area (TPSA) is 44.5 Å². The van der Waals surface area contributed by atoms with Crippen molar-refractivity contribution >= 4 is 5.82 Å². The van der Waals surface area contributed by atoms with Gasteiger partial charge in [0.15, 0.2) is 0 Å². The highest BCUT2D eigenvalue weighted by atomic mass is 16.3. The summed E-state index contributed by atoms with van der Waals surface area (Å²) in [5.74, 6) is 4.71. The molecule has 0 bridgehead atoms. The molecule has 2 unspecified atom stereocenters. The molecule has 2 fully saturated rings. The Kier molecular flexibility index (Phi) is 4.77. The molecule has 1 aliphatic carbocycles. The van der Waals surface area contributed by atoms with Gasteiger partial charge in [0.05, 0.1) is 6.54 Å². The summed E-state index contributed by atoms with van der Waals surface area (Å²) in [6.07, 6.45) is 3.26. The van der Waals surface area contributed by atoms with E-state index in [-0.39, 0.29) is 0 Å². The standard InChI is InChI=1S/C20H28N4O/c1-15-11-18(15)19-5-4-17(25-19)14-21-12-16-3-6-20(22-13-16)24-9-7-23(2)8-10-24/h3-6,13,15,18,21H,7-12,14H2,1-2H3. The van der Waals surface area contributed by atoms with Gasteiger partial charge in [0.2, 0.25) is 0 Å². The van der Waals surface area contributed by atoms with Crippen molar-refractivity contribution in [3.8, 4) is 0 Å². The Morgan fingerprint density at radius 2 is 1.92 bits per heavy atom. The SMILES string of the molecule is CC1CC1c1ccc(CNCc2ccc(N3CCN(C)CC3)nc2)o1. The van der Waals surface area contributed by atoms with Crippen LogP contribution in [0.4, 0.5) is 5.82 Å². The molecular weight excluding hydrogens is 312 g/mol. The summed E-state index contributed by atoms with van der Waals surface area (Å²) in [5.41, 5.74) is 1.21. The molecule has 0 aromatic carbocycles. The lowest BCUT2D eigenvalue weighted by atomic mass is 10.2. The second-order valence-corrected chi connectivity index (χ2v) is 7.54. The Hall–Kier alpha value is -1.85. The van der Waals surface area contributed by atoms with Gasteiger partial charge in [-0.3, -0.25) is 0 Å². The van der Waals surface area contributed by atoms with Crippen LogP contribution in [0, 0.1) is 5.92 Å². The maximum Gasteiger partial charge on any atom is 0.128 e. The predicted octanol–water partition coefficient (Wildman–Crippen LogP) is 2.84. The molecule has 1 N–H and O–H groups in total. The highest BCUT2D eigenvalue weighted by molar-refractivity contribution is 5.39. The molecule has 1 saturated carbocycles. The minimum atomic E-state index is 0.653. The van der Waals surface area contributed by atoms with E-state index in [0.717, 1.165) is 62.5 Å². The zero-order chi connectivity index (χ0) is 17.2. The second kappa shape index (κ2) is 7.18. The zero-order valence-electron chi connectivity index (χ0n) is 15.2. The summed E-state index contributed by atoms with van der Waals surface area (Å²) in [6.45, 7) is 8.19. The molecule has 0 radical (unpaired) electrons. The van der Waals surface area contributed by atoms with Crippen LogP contribution >= 0.6 is 0 Å². The number of hydrogen-bond acceptors (Lipinski definition) is 5. The third-order valence-electron chi connectivity index (χ3n) is 5.42. The lowest BCUT2D eigenvalue weighted by Gasteiger charge is -2.33. The normalized spacial score (nSPS) is 23.8. The number of pyridine rings is 1. The molecule has 1 aliphatic heterocycles. The highest BCUT2D eigenvalue weighted by Gasteiger charge is 2.36. The van der Waals surface area contributed by atoms with Crippen molar-refractivity contribution in [3.05, 3.63) is 47.5 Å². The first kappa shape index (κ1) is 16.6. The first-order valence-electron chi connectivity index (χ1n) is 9.37. The van der Waals surface area contributed by atoms with Crippen LogP contribution in [-0.2, 0) is 13.1 Å². The fourth-order valence-corrected chi connectivity index (χ4v) is 3.48. The summed E-state index contributed by atoms with van der Waals surface area (Å²) in [5, 5.41) is 3.45. The summed E-state index contributed by atoms with van der Waals surface area (Å²) in [7, 11) is 2.17. The van der Waals surface area contributed by atoms with E-state index in [1.54, 1.807) is 0 Å². The highest BCUT2D eigenvalue weighted by Crippen LogP contribution is 2.47. The second-order valence-electron chi connectivity index (χ2n) is 7.54. The lowest BCUT2D eigenvalue weighted by Crippen LogP contribution is -2.44. The van der Waals surface area contributed by atoms with Gasteiger partial charge in [-0.2, -0.15) is 0 Å². The van der Waals surface area contributed by atoms with E-state index in [0.29, 0.717) is 5.92 Å². The van der Waals surface area contributed by atoms with E-state index in [2.05, 4.69) is 58.3 Å².